The van der Waals surface area contributed by atoms with Crippen LogP contribution in [0.1, 0.15) is 15.9 Å². The van der Waals surface area contributed by atoms with Gasteiger partial charge in [0.15, 0.2) is 0 Å². The summed E-state index contributed by atoms with van der Waals surface area (Å²) in [4.78, 5) is 12.0. The maximum atomic E-state index is 12.0. The first-order valence-electron chi connectivity index (χ1n) is 6.05. The lowest BCUT2D eigenvalue weighted by Gasteiger charge is -2.08. The van der Waals surface area contributed by atoms with Crippen molar-refractivity contribution in [2.24, 2.45) is 0 Å². The second kappa shape index (κ2) is 6.57. The van der Waals surface area contributed by atoms with Gasteiger partial charge in [-0.3, -0.25) is 4.79 Å². The van der Waals surface area contributed by atoms with Crippen LogP contribution >= 0.6 is 11.6 Å². The molecule has 0 saturated carbocycles. The number of carbonyl (C=O) groups is 1. The zero-order valence-electron chi connectivity index (χ0n) is 10.6. The normalized spacial score (nSPS) is 10.2. The lowest BCUT2D eigenvalue weighted by Crippen LogP contribution is -2.31. The van der Waals surface area contributed by atoms with Crippen LogP contribution in [0.15, 0.2) is 48.5 Å². The number of nitrogens with one attached hydrogen (secondary N) is 1. The number of amides is 1. The molecule has 2 aromatic carbocycles. The summed E-state index contributed by atoms with van der Waals surface area (Å²) >= 11 is 5.89. The largest absolute Gasteiger partial charge is 0.489 e. The van der Waals surface area contributed by atoms with Crippen molar-refractivity contribution in [3.8, 4) is 0 Å². The van der Waals surface area contributed by atoms with E-state index >= 15 is 0 Å². The molecule has 1 amide bonds. The highest BCUT2D eigenvalue weighted by atomic mass is 35.5. The maximum Gasteiger partial charge on any atom is 0.489 e. The van der Waals surface area contributed by atoms with Crippen molar-refractivity contribution in [3.63, 3.8) is 0 Å². The third-order valence-corrected chi connectivity index (χ3v) is 3.16. The Balaban J connectivity index is 2.04. The third kappa shape index (κ3) is 3.60. The van der Waals surface area contributed by atoms with E-state index in [-0.39, 0.29) is 16.4 Å². The Kier molecular flexibility index (Phi) is 4.79. The van der Waals surface area contributed by atoms with Crippen LogP contribution in [0, 0.1) is 0 Å². The van der Waals surface area contributed by atoms with E-state index in [2.05, 4.69) is 5.32 Å². The SMILES string of the molecule is O=C(NCc1ccccc1)c1ccc(B(O)O)c(Cl)c1. The maximum absolute atomic E-state index is 12.0. The Morgan fingerprint density at radius 1 is 1.15 bits per heavy atom. The van der Waals surface area contributed by atoms with Gasteiger partial charge in [0.05, 0.1) is 0 Å². The molecule has 2 rings (SSSR count). The summed E-state index contributed by atoms with van der Waals surface area (Å²) < 4.78 is 0. The summed E-state index contributed by atoms with van der Waals surface area (Å²) in [6.07, 6.45) is 0. The highest BCUT2D eigenvalue weighted by Gasteiger charge is 2.16. The quantitative estimate of drug-likeness (QED) is 0.734. The first kappa shape index (κ1) is 14.6. The van der Waals surface area contributed by atoms with Crippen LogP contribution in [0.25, 0.3) is 0 Å². The lowest BCUT2D eigenvalue weighted by molar-refractivity contribution is 0.0951. The number of benzene rings is 2. The molecular formula is C14H13BClNO3. The molecule has 0 saturated heterocycles. The number of hydrogen-bond acceptors (Lipinski definition) is 3. The standard InChI is InChI=1S/C14H13BClNO3/c16-13-8-11(6-7-12(13)15(19)20)14(18)17-9-10-4-2-1-3-5-10/h1-8,19-20H,9H2,(H,17,18). The molecule has 2 aromatic rings. The smallest absolute Gasteiger partial charge is 0.423 e. The fraction of sp³-hybridized carbons (Fsp3) is 0.0714. The highest BCUT2D eigenvalue weighted by molar-refractivity contribution is 6.62. The van der Waals surface area contributed by atoms with Crippen molar-refractivity contribution < 1.29 is 14.8 Å². The van der Waals surface area contributed by atoms with E-state index in [0.717, 1.165) is 5.56 Å². The van der Waals surface area contributed by atoms with Crippen LogP contribution in [0.4, 0.5) is 0 Å². The summed E-state index contributed by atoms with van der Waals surface area (Å²) in [5.41, 5.74) is 1.54. The number of carbonyl (C=O) groups excluding carboxylic acids is 1. The Morgan fingerprint density at radius 3 is 2.45 bits per heavy atom. The van der Waals surface area contributed by atoms with Crippen molar-refractivity contribution in [2.45, 2.75) is 6.54 Å². The van der Waals surface area contributed by atoms with Crippen molar-refractivity contribution in [2.75, 3.05) is 0 Å². The summed E-state index contributed by atoms with van der Waals surface area (Å²) in [7, 11) is -1.65. The first-order valence-corrected chi connectivity index (χ1v) is 6.43. The zero-order chi connectivity index (χ0) is 14.5. The van der Waals surface area contributed by atoms with Gasteiger partial charge in [-0.25, -0.2) is 0 Å². The summed E-state index contributed by atoms with van der Waals surface area (Å²) in [5.74, 6) is -0.269. The minimum atomic E-state index is -1.65. The number of hydrogen-bond donors (Lipinski definition) is 3. The molecule has 0 radical (unpaired) electrons. The van der Waals surface area contributed by atoms with Gasteiger partial charge in [0.2, 0.25) is 0 Å². The van der Waals surface area contributed by atoms with Crippen LogP contribution in [-0.2, 0) is 6.54 Å². The Labute approximate surface area is 122 Å². The van der Waals surface area contributed by atoms with Crippen LogP contribution < -0.4 is 10.8 Å². The van der Waals surface area contributed by atoms with Gasteiger partial charge in [0, 0.05) is 22.6 Å². The van der Waals surface area contributed by atoms with Crippen molar-refractivity contribution >= 4 is 30.1 Å². The van der Waals surface area contributed by atoms with E-state index in [1.54, 1.807) is 0 Å². The second-order valence-electron chi connectivity index (χ2n) is 4.28. The van der Waals surface area contributed by atoms with E-state index in [4.69, 9.17) is 21.6 Å². The van der Waals surface area contributed by atoms with Gasteiger partial charge < -0.3 is 15.4 Å². The van der Waals surface area contributed by atoms with Crippen LogP contribution in [0.3, 0.4) is 0 Å². The molecule has 0 aliphatic rings. The van der Waals surface area contributed by atoms with Gasteiger partial charge in [0.1, 0.15) is 0 Å². The van der Waals surface area contributed by atoms with Gasteiger partial charge in [-0.15, -0.1) is 0 Å². The molecular weight excluding hydrogens is 276 g/mol. The molecule has 6 heteroatoms. The summed E-state index contributed by atoms with van der Waals surface area (Å²) in [6, 6.07) is 13.9. The Bertz CT molecular complexity index is 605. The molecule has 0 spiro atoms. The molecule has 0 atom stereocenters. The highest BCUT2D eigenvalue weighted by Crippen LogP contribution is 2.10. The average molecular weight is 290 g/mol. The third-order valence-electron chi connectivity index (χ3n) is 2.84. The van der Waals surface area contributed by atoms with Gasteiger partial charge in [-0.2, -0.15) is 0 Å². The minimum Gasteiger partial charge on any atom is -0.423 e. The van der Waals surface area contributed by atoms with Crippen molar-refractivity contribution in [3.05, 3.63) is 64.7 Å². The monoisotopic (exact) mass is 289 g/mol. The predicted octanol–water partition coefficient (Wildman–Crippen LogP) is 0.950. The van der Waals surface area contributed by atoms with Gasteiger partial charge in [0.25, 0.3) is 5.91 Å². The summed E-state index contributed by atoms with van der Waals surface area (Å²) in [6.45, 7) is 0.418. The molecule has 0 fully saturated rings. The summed E-state index contributed by atoms with van der Waals surface area (Å²) in [5, 5.41) is 21.0. The fourth-order valence-corrected chi connectivity index (χ4v) is 2.04. The Hall–Kier alpha value is -1.82. The van der Waals surface area contributed by atoms with Crippen molar-refractivity contribution in [1.29, 1.82) is 0 Å². The van der Waals surface area contributed by atoms with E-state index < -0.39 is 7.12 Å². The number of rotatable bonds is 4. The topological polar surface area (TPSA) is 69.6 Å². The fourth-order valence-electron chi connectivity index (χ4n) is 1.76. The minimum absolute atomic E-state index is 0.146. The van der Waals surface area contributed by atoms with Gasteiger partial charge >= 0.3 is 7.12 Å². The lowest BCUT2D eigenvalue weighted by atomic mass is 9.80. The molecule has 0 aromatic heterocycles. The molecule has 0 unspecified atom stereocenters. The first-order chi connectivity index (χ1) is 9.58. The van der Waals surface area contributed by atoms with Crippen LogP contribution in [0.2, 0.25) is 5.02 Å². The number of halogens is 1. The van der Waals surface area contributed by atoms with Crippen LogP contribution in [0.5, 0.6) is 0 Å². The molecule has 0 aliphatic carbocycles. The molecule has 0 bridgehead atoms. The Morgan fingerprint density at radius 2 is 1.85 bits per heavy atom. The molecule has 3 N–H and O–H groups in total. The average Bonchev–Trinajstić information content (AvgIpc) is 2.45. The zero-order valence-corrected chi connectivity index (χ0v) is 11.3. The molecule has 0 heterocycles. The van der Waals surface area contributed by atoms with E-state index in [9.17, 15) is 4.79 Å². The van der Waals surface area contributed by atoms with Gasteiger partial charge in [-0.05, 0) is 17.7 Å². The van der Waals surface area contributed by atoms with Gasteiger partial charge in [-0.1, -0.05) is 48.0 Å². The molecule has 0 aliphatic heterocycles. The van der Waals surface area contributed by atoms with E-state index in [0.29, 0.717) is 12.1 Å². The van der Waals surface area contributed by atoms with Crippen LogP contribution in [-0.4, -0.2) is 23.1 Å². The van der Waals surface area contributed by atoms with E-state index in [1.165, 1.54) is 18.2 Å². The molecule has 4 nitrogen and oxygen atoms in total. The molecule has 20 heavy (non-hydrogen) atoms. The molecule has 102 valence electrons. The second-order valence-corrected chi connectivity index (χ2v) is 4.69. The van der Waals surface area contributed by atoms with E-state index in [1.807, 2.05) is 30.3 Å². The van der Waals surface area contributed by atoms with Crippen molar-refractivity contribution in [1.82, 2.24) is 5.32 Å². The predicted molar refractivity (Wildman–Crippen MR) is 78.9 cm³/mol.